The molecule has 6 nitrogen and oxygen atoms in total. The highest BCUT2D eigenvalue weighted by Crippen LogP contribution is 2.26. The Bertz CT molecular complexity index is 572. The quantitative estimate of drug-likeness (QED) is 0.734. The van der Waals surface area contributed by atoms with E-state index >= 15 is 0 Å². The van der Waals surface area contributed by atoms with E-state index in [1.54, 1.807) is 6.33 Å². The fourth-order valence-corrected chi connectivity index (χ4v) is 2.21. The largest absolute Gasteiger partial charge is 0.382 e. The highest BCUT2D eigenvalue weighted by molar-refractivity contribution is 5.81. The van der Waals surface area contributed by atoms with Gasteiger partial charge in [-0.2, -0.15) is 0 Å². The fraction of sp³-hybridized carbons (Fsp3) is 0.364. The molecule has 88 valence electrons. The van der Waals surface area contributed by atoms with Gasteiger partial charge in [0.2, 0.25) is 0 Å². The molecule has 0 saturated carbocycles. The topological polar surface area (TPSA) is 81.7 Å². The number of aromatic nitrogens is 4. The average molecular weight is 230 g/mol. The van der Waals surface area contributed by atoms with Crippen LogP contribution in [0.3, 0.4) is 0 Å². The summed E-state index contributed by atoms with van der Waals surface area (Å²) < 4.78 is 2.04. The van der Waals surface area contributed by atoms with Crippen molar-refractivity contribution >= 4 is 17.0 Å². The highest BCUT2D eigenvalue weighted by Gasteiger charge is 2.21. The van der Waals surface area contributed by atoms with Crippen LogP contribution in [0.1, 0.15) is 12.5 Å². The zero-order chi connectivity index (χ0) is 11.8. The third kappa shape index (κ3) is 1.57. The fourth-order valence-electron chi connectivity index (χ4n) is 2.21. The van der Waals surface area contributed by atoms with E-state index in [1.807, 2.05) is 11.6 Å². The minimum Gasteiger partial charge on any atom is -0.382 e. The Morgan fingerprint density at radius 1 is 1.35 bits per heavy atom. The van der Waals surface area contributed by atoms with E-state index in [-0.39, 0.29) is 6.04 Å². The van der Waals surface area contributed by atoms with Gasteiger partial charge in [-0.1, -0.05) is 12.2 Å². The number of anilines is 1. The van der Waals surface area contributed by atoms with Crippen LogP contribution in [0.25, 0.3) is 11.2 Å². The lowest BCUT2D eigenvalue weighted by atomic mass is 10.2. The second kappa shape index (κ2) is 3.81. The van der Waals surface area contributed by atoms with Gasteiger partial charge in [0.1, 0.15) is 11.8 Å². The van der Waals surface area contributed by atoms with E-state index in [0.717, 1.165) is 12.1 Å². The summed E-state index contributed by atoms with van der Waals surface area (Å²) in [6.45, 7) is 0. The van der Waals surface area contributed by atoms with Crippen molar-refractivity contribution in [2.75, 3.05) is 12.8 Å². The maximum atomic E-state index is 5.76. The molecule has 0 saturated heterocycles. The van der Waals surface area contributed by atoms with Crippen LogP contribution in [-0.4, -0.2) is 32.6 Å². The van der Waals surface area contributed by atoms with Gasteiger partial charge in [-0.15, -0.1) is 0 Å². The third-order valence-corrected chi connectivity index (χ3v) is 3.18. The van der Waals surface area contributed by atoms with E-state index in [9.17, 15) is 0 Å². The number of nitrogen functional groups attached to an aromatic ring is 1. The summed E-state index contributed by atoms with van der Waals surface area (Å²) in [4.78, 5) is 12.5. The van der Waals surface area contributed by atoms with Gasteiger partial charge in [0.25, 0.3) is 0 Å². The SMILES string of the molecule is CNC1C=CC(n2cnc3c(N)ncnc32)C1. The van der Waals surface area contributed by atoms with Crippen LogP contribution < -0.4 is 11.1 Å². The number of nitrogens with one attached hydrogen (secondary N) is 1. The number of hydrogen-bond donors (Lipinski definition) is 2. The van der Waals surface area contributed by atoms with Crippen molar-refractivity contribution in [1.29, 1.82) is 0 Å². The number of nitrogens with zero attached hydrogens (tertiary/aromatic N) is 4. The van der Waals surface area contributed by atoms with Gasteiger partial charge in [-0.25, -0.2) is 15.0 Å². The smallest absolute Gasteiger partial charge is 0.165 e. The first-order chi connectivity index (χ1) is 8.29. The van der Waals surface area contributed by atoms with E-state index in [0.29, 0.717) is 17.4 Å². The van der Waals surface area contributed by atoms with Gasteiger partial charge in [0, 0.05) is 6.04 Å². The molecule has 3 N–H and O–H groups in total. The molecular weight excluding hydrogens is 216 g/mol. The molecule has 0 fully saturated rings. The van der Waals surface area contributed by atoms with Crippen LogP contribution in [0.5, 0.6) is 0 Å². The number of hydrogen-bond acceptors (Lipinski definition) is 5. The van der Waals surface area contributed by atoms with E-state index in [4.69, 9.17) is 5.73 Å². The van der Waals surface area contributed by atoms with E-state index in [1.165, 1.54) is 6.33 Å². The predicted molar refractivity (Wildman–Crippen MR) is 65.4 cm³/mol. The first-order valence-corrected chi connectivity index (χ1v) is 5.58. The maximum Gasteiger partial charge on any atom is 0.165 e. The van der Waals surface area contributed by atoms with Gasteiger partial charge >= 0.3 is 0 Å². The summed E-state index contributed by atoms with van der Waals surface area (Å²) in [7, 11) is 1.96. The molecule has 2 aromatic rings. The molecule has 0 aromatic carbocycles. The Labute approximate surface area is 98.6 Å². The van der Waals surface area contributed by atoms with E-state index in [2.05, 4.69) is 32.4 Å². The summed E-state index contributed by atoms with van der Waals surface area (Å²) in [6, 6.07) is 0.698. The van der Waals surface area contributed by atoms with Crippen LogP contribution in [0.15, 0.2) is 24.8 Å². The van der Waals surface area contributed by atoms with Crippen molar-refractivity contribution in [3.8, 4) is 0 Å². The summed E-state index contributed by atoms with van der Waals surface area (Å²) in [6.07, 6.45) is 8.60. The third-order valence-electron chi connectivity index (χ3n) is 3.18. The number of likely N-dealkylation sites (N-methyl/N-ethyl adjacent to an activating group) is 1. The first-order valence-electron chi connectivity index (χ1n) is 5.58. The zero-order valence-electron chi connectivity index (χ0n) is 9.54. The van der Waals surface area contributed by atoms with E-state index < -0.39 is 0 Å². The molecule has 0 radical (unpaired) electrons. The lowest BCUT2D eigenvalue weighted by Gasteiger charge is -2.13. The number of rotatable bonds is 2. The second-order valence-corrected chi connectivity index (χ2v) is 4.17. The van der Waals surface area contributed by atoms with Crippen LogP contribution in [0.4, 0.5) is 5.82 Å². The Kier molecular flexibility index (Phi) is 2.29. The Morgan fingerprint density at radius 3 is 3.00 bits per heavy atom. The number of nitrogens with two attached hydrogens (primary N) is 1. The van der Waals surface area contributed by atoms with Gasteiger partial charge in [-0.05, 0) is 13.5 Å². The van der Waals surface area contributed by atoms with Crippen molar-refractivity contribution in [1.82, 2.24) is 24.8 Å². The molecule has 2 atom stereocenters. The van der Waals surface area contributed by atoms with Crippen molar-refractivity contribution in [2.45, 2.75) is 18.5 Å². The van der Waals surface area contributed by atoms with Crippen molar-refractivity contribution < 1.29 is 0 Å². The summed E-state index contributed by atoms with van der Waals surface area (Å²) in [5.74, 6) is 0.431. The van der Waals surface area contributed by atoms with Crippen LogP contribution >= 0.6 is 0 Å². The Balaban J connectivity index is 2.02. The molecule has 0 amide bonds. The summed E-state index contributed by atoms with van der Waals surface area (Å²) in [5.41, 5.74) is 7.23. The summed E-state index contributed by atoms with van der Waals surface area (Å²) in [5, 5.41) is 3.24. The number of fused-ring (bicyclic) bond motifs is 1. The van der Waals surface area contributed by atoms with Gasteiger partial charge < -0.3 is 15.6 Å². The molecule has 17 heavy (non-hydrogen) atoms. The van der Waals surface area contributed by atoms with Gasteiger partial charge in [-0.3, -0.25) is 0 Å². The minimum absolute atomic E-state index is 0.284. The predicted octanol–water partition coefficient (Wildman–Crippen LogP) is 0.497. The van der Waals surface area contributed by atoms with Gasteiger partial charge in [0.15, 0.2) is 11.5 Å². The van der Waals surface area contributed by atoms with Crippen molar-refractivity contribution in [2.24, 2.45) is 0 Å². The molecule has 0 spiro atoms. The standard InChI is InChI=1S/C11H14N6/c1-13-7-2-3-8(4-7)17-6-16-9-10(12)14-5-15-11(9)17/h2-3,5-8,13H,4H2,1H3,(H2,12,14,15). The maximum absolute atomic E-state index is 5.76. The second-order valence-electron chi connectivity index (χ2n) is 4.17. The van der Waals surface area contributed by atoms with Crippen LogP contribution in [-0.2, 0) is 0 Å². The Hall–Kier alpha value is -1.95. The molecular formula is C11H14N6. The molecule has 2 aromatic heterocycles. The van der Waals surface area contributed by atoms with Gasteiger partial charge in [0.05, 0.1) is 12.4 Å². The molecule has 2 heterocycles. The van der Waals surface area contributed by atoms with Crippen molar-refractivity contribution in [3.63, 3.8) is 0 Å². The van der Waals surface area contributed by atoms with Crippen LogP contribution in [0, 0.1) is 0 Å². The molecule has 0 aliphatic heterocycles. The highest BCUT2D eigenvalue weighted by atomic mass is 15.1. The molecule has 2 unspecified atom stereocenters. The number of imidazole rings is 1. The molecule has 1 aliphatic rings. The number of allylic oxidation sites excluding steroid dienone is 1. The molecule has 0 bridgehead atoms. The minimum atomic E-state index is 0.284. The Morgan fingerprint density at radius 2 is 2.24 bits per heavy atom. The average Bonchev–Trinajstić information content (AvgIpc) is 2.94. The molecule has 1 aliphatic carbocycles. The zero-order valence-corrected chi connectivity index (χ0v) is 9.54. The lowest BCUT2D eigenvalue weighted by molar-refractivity contribution is 0.530. The van der Waals surface area contributed by atoms with Crippen LogP contribution in [0.2, 0.25) is 0 Å². The van der Waals surface area contributed by atoms with Crippen molar-refractivity contribution in [3.05, 3.63) is 24.8 Å². The molecule has 6 heteroatoms. The first kappa shape index (κ1) is 10.2. The lowest BCUT2D eigenvalue weighted by Crippen LogP contribution is -2.21. The normalized spacial score (nSPS) is 23.6. The summed E-state index contributed by atoms with van der Waals surface area (Å²) >= 11 is 0. The molecule has 3 rings (SSSR count). The monoisotopic (exact) mass is 230 g/mol.